The zero-order valence-electron chi connectivity index (χ0n) is 17.8. The second-order valence-electron chi connectivity index (χ2n) is 7.63. The van der Waals surface area contributed by atoms with E-state index in [1.807, 2.05) is 14.0 Å². The lowest BCUT2D eigenvalue weighted by atomic mass is 9.88. The summed E-state index contributed by atoms with van der Waals surface area (Å²) in [7, 11) is 1.81. The Labute approximate surface area is 181 Å². The second-order valence-corrected chi connectivity index (χ2v) is 7.63. The van der Waals surface area contributed by atoms with Crippen molar-refractivity contribution >= 4 is 17.9 Å². The quantitative estimate of drug-likeness (QED) is 0.689. The smallest absolute Gasteiger partial charge is 0.317 e. The highest BCUT2D eigenvalue weighted by atomic mass is 16.5. The molecule has 31 heavy (non-hydrogen) atoms. The van der Waals surface area contributed by atoms with E-state index in [4.69, 9.17) is 20.2 Å². The number of nitrogens with zero attached hydrogens (tertiary/aromatic N) is 6. The van der Waals surface area contributed by atoms with Crippen LogP contribution in [0.5, 0.6) is 5.88 Å². The van der Waals surface area contributed by atoms with Crippen LogP contribution in [0.4, 0.5) is 16.7 Å². The average molecular weight is 428 g/mol. The number of amides is 2. The third-order valence-electron chi connectivity index (χ3n) is 5.51. The maximum Gasteiger partial charge on any atom is 0.317 e. The summed E-state index contributed by atoms with van der Waals surface area (Å²) in [5.74, 6) is 1.29. The molecule has 1 aliphatic heterocycles. The van der Waals surface area contributed by atoms with Crippen LogP contribution in [0.25, 0.3) is 11.3 Å². The molecule has 0 unspecified atom stereocenters. The monoisotopic (exact) mass is 428 g/mol. The molecular weight excluding hydrogens is 400 g/mol. The van der Waals surface area contributed by atoms with E-state index in [-0.39, 0.29) is 24.1 Å². The summed E-state index contributed by atoms with van der Waals surface area (Å²) < 4.78 is 11.6. The van der Waals surface area contributed by atoms with Gasteiger partial charge in [0.15, 0.2) is 0 Å². The maximum atomic E-state index is 12.0. The van der Waals surface area contributed by atoms with Crippen molar-refractivity contribution in [1.29, 1.82) is 0 Å². The van der Waals surface area contributed by atoms with Crippen LogP contribution in [0.1, 0.15) is 19.8 Å². The minimum absolute atomic E-state index is 0.00941. The Morgan fingerprint density at radius 1 is 1.29 bits per heavy atom. The summed E-state index contributed by atoms with van der Waals surface area (Å²) in [5, 5.41) is 2.82. The number of hydrogen-bond acceptors (Lipinski definition) is 9. The molecule has 1 aliphatic carbocycles. The lowest BCUT2D eigenvalue weighted by Crippen LogP contribution is -2.52. The fourth-order valence-electron chi connectivity index (χ4n) is 3.56. The summed E-state index contributed by atoms with van der Waals surface area (Å²) >= 11 is 0. The lowest BCUT2D eigenvalue weighted by Gasteiger charge is -2.40. The van der Waals surface area contributed by atoms with Gasteiger partial charge in [-0.25, -0.2) is 19.7 Å². The van der Waals surface area contributed by atoms with Crippen molar-refractivity contribution in [3.63, 3.8) is 0 Å². The fourth-order valence-corrected chi connectivity index (χ4v) is 3.56. The van der Waals surface area contributed by atoms with Crippen LogP contribution >= 0.6 is 0 Å². The van der Waals surface area contributed by atoms with Gasteiger partial charge < -0.3 is 30.3 Å². The minimum atomic E-state index is -0.0618. The third kappa shape index (κ3) is 4.93. The van der Waals surface area contributed by atoms with Gasteiger partial charge in [-0.2, -0.15) is 4.98 Å². The van der Waals surface area contributed by atoms with Gasteiger partial charge in [0, 0.05) is 69.6 Å². The number of nitrogen functional groups attached to an aromatic ring is 1. The number of hydrogen-bond donors (Lipinski definition) is 2. The number of nitrogens with two attached hydrogens (primary N) is 1. The molecule has 3 heterocycles. The van der Waals surface area contributed by atoms with Crippen LogP contribution in [0.3, 0.4) is 0 Å². The first kappa shape index (κ1) is 21.0. The van der Waals surface area contributed by atoms with Gasteiger partial charge in [-0.3, -0.25) is 0 Å². The van der Waals surface area contributed by atoms with Crippen molar-refractivity contribution in [3.05, 3.63) is 18.5 Å². The number of anilines is 2. The van der Waals surface area contributed by atoms with E-state index in [0.717, 1.165) is 18.4 Å². The molecular formula is C20H28N8O3. The minimum Gasteiger partial charge on any atom is -0.474 e. The number of morpholine rings is 1. The van der Waals surface area contributed by atoms with Crippen LogP contribution < -0.4 is 20.7 Å². The molecule has 1 saturated heterocycles. The molecule has 0 radical (unpaired) electrons. The molecule has 0 bridgehead atoms. The van der Waals surface area contributed by atoms with E-state index in [1.54, 1.807) is 23.4 Å². The molecule has 2 amide bonds. The SMILES string of the molecule is CCNC(=O)N(C)[C@H]1C[C@H](Oc2cc(-c3cnc(N)nc3)nc(N3CCOCC3)n2)C1. The number of ether oxygens (including phenoxy) is 2. The molecule has 166 valence electrons. The molecule has 0 atom stereocenters. The summed E-state index contributed by atoms with van der Waals surface area (Å²) in [4.78, 5) is 33.3. The molecule has 2 aromatic heterocycles. The van der Waals surface area contributed by atoms with Crippen LogP contribution in [-0.4, -0.2) is 82.9 Å². The molecule has 2 fully saturated rings. The van der Waals surface area contributed by atoms with Gasteiger partial charge in [0.05, 0.1) is 18.9 Å². The normalized spacial score (nSPS) is 20.6. The van der Waals surface area contributed by atoms with Gasteiger partial charge in [-0.15, -0.1) is 0 Å². The van der Waals surface area contributed by atoms with Crippen molar-refractivity contribution in [3.8, 4) is 17.1 Å². The Morgan fingerprint density at radius 2 is 2.00 bits per heavy atom. The van der Waals surface area contributed by atoms with Crippen LogP contribution in [0, 0.1) is 0 Å². The average Bonchev–Trinajstić information content (AvgIpc) is 2.76. The van der Waals surface area contributed by atoms with Gasteiger partial charge in [0.2, 0.25) is 17.8 Å². The molecule has 0 spiro atoms. The molecule has 3 N–H and O–H groups in total. The Morgan fingerprint density at radius 3 is 2.68 bits per heavy atom. The lowest BCUT2D eigenvalue weighted by molar-refractivity contribution is 0.0407. The van der Waals surface area contributed by atoms with Gasteiger partial charge in [-0.05, 0) is 6.92 Å². The summed E-state index contributed by atoms with van der Waals surface area (Å²) in [6.45, 7) is 5.20. The van der Waals surface area contributed by atoms with Crippen molar-refractivity contribution in [2.24, 2.45) is 0 Å². The van der Waals surface area contributed by atoms with E-state index in [0.29, 0.717) is 50.4 Å². The zero-order chi connectivity index (χ0) is 21.8. The topological polar surface area (TPSA) is 132 Å². The number of carbonyl (C=O) groups excluding carboxylic acids is 1. The number of carbonyl (C=O) groups is 1. The van der Waals surface area contributed by atoms with E-state index in [9.17, 15) is 4.79 Å². The molecule has 4 rings (SSSR count). The highest BCUT2D eigenvalue weighted by Gasteiger charge is 2.36. The Bertz CT molecular complexity index is 898. The number of aromatic nitrogens is 4. The first-order chi connectivity index (χ1) is 15.0. The molecule has 2 aromatic rings. The van der Waals surface area contributed by atoms with Crippen molar-refractivity contribution in [1.82, 2.24) is 30.2 Å². The number of rotatable bonds is 6. The molecule has 1 saturated carbocycles. The Kier molecular flexibility index (Phi) is 6.31. The fraction of sp³-hybridized carbons (Fsp3) is 0.550. The predicted octanol–water partition coefficient (Wildman–Crippen LogP) is 0.924. The van der Waals surface area contributed by atoms with E-state index >= 15 is 0 Å². The summed E-state index contributed by atoms with van der Waals surface area (Å²) in [5.41, 5.74) is 7.02. The van der Waals surface area contributed by atoms with Gasteiger partial charge >= 0.3 is 6.03 Å². The van der Waals surface area contributed by atoms with Gasteiger partial charge in [-0.1, -0.05) is 0 Å². The Balaban J connectivity index is 1.49. The number of urea groups is 1. The number of nitrogens with one attached hydrogen (secondary N) is 1. The molecule has 2 aliphatic rings. The summed E-state index contributed by atoms with van der Waals surface area (Å²) in [6, 6.07) is 1.88. The first-order valence-electron chi connectivity index (χ1n) is 10.5. The van der Waals surface area contributed by atoms with E-state index < -0.39 is 0 Å². The largest absolute Gasteiger partial charge is 0.474 e. The third-order valence-corrected chi connectivity index (χ3v) is 5.51. The zero-order valence-corrected chi connectivity index (χ0v) is 17.8. The highest BCUT2D eigenvalue weighted by molar-refractivity contribution is 5.74. The Hall–Kier alpha value is -3.21. The molecule has 0 aromatic carbocycles. The van der Waals surface area contributed by atoms with E-state index in [2.05, 4.69) is 25.2 Å². The standard InChI is InChI=1S/C20H28N8O3/c1-3-22-20(29)27(2)14-8-15(9-14)31-17-10-16(13-11-23-18(21)24-12-13)25-19(26-17)28-4-6-30-7-5-28/h10-12,14-15H,3-9H2,1-2H3,(H,22,29)(H2,21,23,24)/t14-,15-. The molecule has 11 heteroatoms. The van der Waals surface area contributed by atoms with Crippen LogP contribution in [-0.2, 0) is 4.74 Å². The van der Waals surface area contributed by atoms with Gasteiger partial charge in [0.25, 0.3) is 0 Å². The van der Waals surface area contributed by atoms with Crippen LogP contribution in [0.15, 0.2) is 18.5 Å². The first-order valence-corrected chi connectivity index (χ1v) is 10.5. The van der Waals surface area contributed by atoms with Gasteiger partial charge in [0.1, 0.15) is 6.10 Å². The van der Waals surface area contributed by atoms with Crippen molar-refractivity contribution < 1.29 is 14.3 Å². The summed E-state index contributed by atoms with van der Waals surface area (Å²) in [6.07, 6.45) is 4.77. The van der Waals surface area contributed by atoms with Crippen LogP contribution in [0.2, 0.25) is 0 Å². The van der Waals surface area contributed by atoms with Crippen molar-refractivity contribution in [2.75, 3.05) is 50.5 Å². The highest BCUT2D eigenvalue weighted by Crippen LogP contribution is 2.31. The second kappa shape index (κ2) is 9.29. The molecule has 11 nitrogen and oxygen atoms in total. The predicted molar refractivity (Wildman–Crippen MR) is 115 cm³/mol. The maximum absolute atomic E-state index is 12.0. The van der Waals surface area contributed by atoms with Crippen molar-refractivity contribution in [2.45, 2.75) is 31.9 Å². The van der Waals surface area contributed by atoms with E-state index in [1.165, 1.54) is 0 Å².